The maximum Gasteiger partial charge on any atom is 0.323 e. The molecule has 0 radical (unpaired) electrons. The van der Waals surface area contributed by atoms with E-state index in [2.05, 4.69) is 0 Å². The smallest absolute Gasteiger partial charge is 0.323 e. The van der Waals surface area contributed by atoms with E-state index in [1.807, 2.05) is 6.92 Å². The molecule has 4 N–H and O–H groups in total. The Morgan fingerprint density at radius 2 is 2.08 bits per heavy atom. The van der Waals surface area contributed by atoms with Gasteiger partial charge in [-0.15, -0.1) is 0 Å². The highest BCUT2D eigenvalue weighted by atomic mass is 16.4. The van der Waals surface area contributed by atoms with Crippen molar-refractivity contribution in [3.8, 4) is 0 Å². The molecule has 0 aliphatic carbocycles. The van der Waals surface area contributed by atoms with E-state index in [1.54, 1.807) is 0 Å². The summed E-state index contributed by atoms with van der Waals surface area (Å²) in [4.78, 5) is 10.3. The van der Waals surface area contributed by atoms with Crippen molar-refractivity contribution in [2.45, 2.75) is 44.8 Å². The Hall–Kier alpha value is -0.610. The Balaban J connectivity index is 3.56. The third-order valence-corrected chi connectivity index (χ3v) is 1.80. The van der Waals surface area contributed by atoms with E-state index in [0.717, 1.165) is 19.3 Å². The molecule has 4 nitrogen and oxygen atoms in total. The Morgan fingerprint density at radius 3 is 2.50 bits per heavy atom. The van der Waals surface area contributed by atoms with Crippen LogP contribution in [0.3, 0.4) is 0 Å². The van der Waals surface area contributed by atoms with Crippen LogP contribution in [-0.2, 0) is 4.79 Å². The Kier molecular flexibility index (Phi) is 5.66. The topological polar surface area (TPSA) is 83.5 Å². The number of aliphatic hydroxyl groups is 1. The summed E-state index contributed by atoms with van der Waals surface area (Å²) in [5, 5.41) is 17.6. The molecule has 4 heteroatoms. The van der Waals surface area contributed by atoms with E-state index in [1.165, 1.54) is 0 Å². The van der Waals surface area contributed by atoms with Crippen LogP contribution >= 0.6 is 0 Å². The van der Waals surface area contributed by atoms with Crippen molar-refractivity contribution < 1.29 is 15.0 Å². The molecule has 0 amide bonds. The van der Waals surface area contributed by atoms with Crippen molar-refractivity contribution in [1.82, 2.24) is 0 Å². The van der Waals surface area contributed by atoms with Gasteiger partial charge in [0.05, 0.1) is 6.10 Å². The number of aliphatic carboxylic acids is 1. The molecular weight excluding hydrogens is 158 g/mol. The molecule has 0 unspecified atom stereocenters. The summed E-state index contributed by atoms with van der Waals surface area (Å²) >= 11 is 0. The molecule has 0 fully saturated rings. The van der Waals surface area contributed by atoms with Crippen LogP contribution in [0.5, 0.6) is 0 Å². The quantitative estimate of drug-likeness (QED) is 0.508. The van der Waals surface area contributed by atoms with Crippen molar-refractivity contribution in [3.05, 3.63) is 0 Å². The highest BCUT2D eigenvalue weighted by Crippen LogP contribution is 2.05. The second-order valence-corrected chi connectivity index (χ2v) is 2.93. The number of unbranched alkanes of at least 4 members (excludes halogenated alkanes) is 2. The summed E-state index contributed by atoms with van der Waals surface area (Å²) in [5.41, 5.74) is 5.19. The van der Waals surface area contributed by atoms with E-state index in [0.29, 0.717) is 6.42 Å². The fraction of sp³-hybridized carbons (Fsp3) is 0.875. The number of carboxylic acids is 1. The van der Waals surface area contributed by atoms with Crippen LogP contribution < -0.4 is 5.73 Å². The normalized spacial score (nSPS) is 15.6. The zero-order valence-corrected chi connectivity index (χ0v) is 7.36. The van der Waals surface area contributed by atoms with Gasteiger partial charge in [0, 0.05) is 0 Å². The van der Waals surface area contributed by atoms with E-state index >= 15 is 0 Å². The third kappa shape index (κ3) is 4.31. The van der Waals surface area contributed by atoms with Crippen molar-refractivity contribution >= 4 is 5.97 Å². The largest absolute Gasteiger partial charge is 0.480 e. The summed E-state index contributed by atoms with van der Waals surface area (Å²) in [7, 11) is 0. The van der Waals surface area contributed by atoms with E-state index in [-0.39, 0.29) is 0 Å². The average Bonchev–Trinajstić information content (AvgIpc) is 2.03. The SMILES string of the molecule is CCCCC[C@@H](O)[C@H](N)C(=O)O. The van der Waals surface area contributed by atoms with Gasteiger partial charge in [-0.2, -0.15) is 0 Å². The lowest BCUT2D eigenvalue weighted by molar-refractivity contribution is -0.141. The van der Waals surface area contributed by atoms with Gasteiger partial charge >= 0.3 is 5.97 Å². The first-order valence-corrected chi connectivity index (χ1v) is 4.26. The lowest BCUT2D eigenvalue weighted by Gasteiger charge is -2.13. The highest BCUT2D eigenvalue weighted by molar-refractivity contribution is 5.73. The van der Waals surface area contributed by atoms with Crippen molar-refractivity contribution in [2.24, 2.45) is 5.73 Å². The zero-order valence-electron chi connectivity index (χ0n) is 7.36. The van der Waals surface area contributed by atoms with Crippen molar-refractivity contribution in [2.75, 3.05) is 0 Å². The van der Waals surface area contributed by atoms with Gasteiger partial charge in [-0.3, -0.25) is 4.79 Å². The Labute approximate surface area is 72.4 Å². The molecule has 0 bridgehead atoms. The molecule has 0 aromatic carbocycles. The van der Waals surface area contributed by atoms with Crippen LogP contribution in [0, 0.1) is 0 Å². The van der Waals surface area contributed by atoms with Gasteiger partial charge in [0.1, 0.15) is 6.04 Å². The predicted molar refractivity (Wildman–Crippen MR) is 45.8 cm³/mol. The predicted octanol–water partition coefficient (Wildman–Crippen LogP) is 0.339. The lowest BCUT2D eigenvalue weighted by atomic mass is 10.1. The van der Waals surface area contributed by atoms with Crippen LogP contribution in [0.15, 0.2) is 0 Å². The van der Waals surface area contributed by atoms with Gasteiger partial charge in [-0.25, -0.2) is 0 Å². The summed E-state index contributed by atoms with van der Waals surface area (Å²) < 4.78 is 0. The van der Waals surface area contributed by atoms with Crippen LogP contribution in [-0.4, -0.2) is 28.3 Å². The van der Waals surface area contributed by atoms with Crippen molar-refractivity contribution in [1.29, 1.82) is 0 Å². The molecule has 0 spiro atoms. The number of carboxylic acid groups (broad SMARTS) is 1. The maximum absolute atomic E-state index is 10.3. The standard InChI is InChI=1S/C8H17NO3/c1-2-3-4-5-6(10)7(9)8(11)12/h6-7,10H,2-5,9H2,1H3,(H,11,12)/t6-,7+/m1/s1. The monoisotopic (exact) mass is 175 g/mol. The van der Waals surface area contributed by atoms with Gasteiger partial charge in [-0.1, -0.05) is 26.2 Å². The first-order chi connectivity index (χ1) is 5.59. The highest BCUT2D eigenvalue weighted by Gasteiger charge is 2.20. The first kappa shape index (κ1) is 11.4. The molecule has 0 aromatic heterocycles. The van der Waals surface area contributed by atoms with Crippen LogP contribution in [0.25, 0.3) is 0 Å². The molecule has 72 valence electrons. The fourth-order valence-electron chi connectivity index (χ4n) is 0.948. The third-order valence-electron chi connectivity index (χ3n) is 1.80. The zero-order chi connectivity index (χ0) is 9.56. The van der Waals surface area contributed by atoms with Crippen molar-refractivity contribution in [3.63, 3.8) is 0 Å². The molecule has 0 rings (SSSR count). The summed E-state index contributed by atoms with van der Waals surface area (Å²) in [6.07, 6.45) is 2.45. The van der Waals surface area contributed by atoms with Gasteiger partial charge < -0.3 is 15.9 Å². The number of nitrogens with two attached hydrogens (primary N) is 1. The van der Waals surface area contributed by atoms with E-state index in [4.69, 9.17) is 10.8 Å². The van der Waals surface area contributed by atoms with Gasteiger partial charge in [0.15, 0.2) is 0 Å². The van der Waals surface area contributed by atoms with Gasteiger partial charge in [0.2, 0.25) is 0 Å². The first-order valence-electron chi connectivity index (χ1n) is 4.26. The Bertz CT molecular complexity index is 138. The molecule has 0 aromatic rings. The lowest BCUT2D eigenvalue weighted by Crippen LogP contribution is -2.41. The number of hydrogen-bond acceptors (Lipinski definition) is 3. The molecule has 2 atom stereocenters. The minimum absolute atomic E-state index is 0.474. The minimum atomic E-state index is -1.14. The molecule has 0 saturated carbocycles. The van der Waals surface area contributed by atoms with E-state index < -0.39 is 18.1 Å². The number of hydrogen-bond donors (Lipinski definition) is 3. The maximum atomic E-state index is 10.3. The molecule has 0 aliphatic rings. The molecule has 0 heterocycles. The average molecular weight is 175 g/mol. The Morgan fingerprint density at radius 1 is 1.50 bits per heavy atom. The van der Waals surface area contributed by atoms with Gasteiger partial charge in [-0.05, 0) is 6.42 Å². The van der Waals surface area contributed by atoms with E-state index in [9.17, 15) is 9.90 Å². The summed E-state index contributed by atoms with van der Waals surface area (Å²) in [6, 6.07) is -1.14. The van der Waals surface area contributed by atoms with Crippen LogP contribution in [0.2, 0.25) is 0 Å². The molecule has 0 saturated heterocycles. The molecule has 0 aliphatic heterocycles. The second kappa shape index (κ2) is 5.97. The fourth-order valence-corrected chi connectivity index (χ4v) is 0.948. The van der Waals surface area contributed by atoms with Gasteiger partial charge in [0.25, 0.3) is 0 Å². The second-order valence-electron chi connectivity index (χ2n) is 2.93. The summed E-state index contributed by atoms with van der Waals surface area (Å²) in [5.74, 6) is -1.14. The molecule has 12 heavy (non-hydrogen) atoms. The molecular formula is C8H17NO3. The summed E-state index contributed by atoms with van der Waals surface area (Å²) in [6.45, 7) is 2.05. The number of rotatable bonds is 6. The van der Waals surface area contributed by atoms with Crippen LogP contribution in [0.1, 0.15) is 32.6 Å². The number of aliphatic hydroxyl groups excluding tert-OH is 1. The van der Waals surface area contributed by atoms with Crippen LogP contribution in [0.4, 0.5) is 0 Å². The minimum Gasteiger partial charge on any atom is -0.480 e. The number of carbonyl (C=O) groups is 1.